The van der Waals surface area contributed by atoms with Crippen molar-refractivity contribution in [2.24, 2.45) is 5.92 Å². The molecule has 0 bridgehead atoms. The average molecular weight is 184 g/mol. The summed E-state index contributed by atoms with van der Waals surface area (Å²) in [7, 11) is 1.35. The van der Waals surface area contributed by atoms with Crippen molar-refractivity contribution >= 4 is 17.7 Å². The summed E-state index contributed by atoms with van der Waals surface area (Å²) < 4.78 is 4.40. The highest BCUT2D eigenvalue weighted by Crippen LogP contribution is 2.25. The molecule has 1 rings (SSSR count). The number of esters is 1. The zero-order chi connectivity index (χ0) is 8.81. The van der Waals surface area contributed by atoms with Gasteiger partial charge in [-0.1, -0.05) is 5.92 Å². The van der Waals surface area contributed by atoms with Gasteiger partial charge in [0.05, 0.1) is 7.11 Å². The number of carbonyl (C=O) groups excluding carboxylic acids is 1. The van der Waals surface area contributed by atoms with Crippen molar-refractivity contribution in [2.45, 2.75) is 12.8 Å². The summed E-state index contributed by atoms with van der Waals surface area (Å²) in [6.45, 7) is 0. The van der Waals surface area contributed by atoms with Crippen LogP contribution in [-0.2, 0) is 9.53 Å². The third kappa shape index (κ3) is 3.19. The molecule has 12 heavy (non-hydrogen) atoms. The maximum atomic E-state index is 10.6. The van der Waals surface area contributed by atoms with E-state index in [1.54, 1.807) is 0 Å². The lowest BCUT2D eigenvalue weighted by molar-refractivity contribution is -0.133. The zero-order valence-electron chi connectivity index (χ0n) is 7.13. The van der Waals surface area contributed by atoms with Gasteiger partial charge in [0.15, 0.2) is 0 Å². The molecule has 0 aromatic rings. The van der Waals surface area contributed by atoms with Gasteiger partial charge in [-0.05, 0) is 23.8 Å². The van der Waals surface area contributed by atoms with E-state index in [1.807, 2.05) is 11.8 Å². The van der Waals surface area contributed by atoms with Crippen molar-refractivity contribution in [1.82, 2.24) is 0 Å². The largest absolute Gasteiger partial charge is 0.459 e. The fourth-order valence-electron chi connectivity index (χ4n) is 1.06. The second-order valence-electron chi connectivity index (χ2n) is 2.73. The van der Waals surface area contributed by atoms with E-state index >= 15 is 0 Å². The molecule has 66 valence electrons. The molecule has 1 aliphatic heterocycles. The predicted octanol–water partition coefficient (Wildman–Crippen LogP) is 1.31. The lowest BCUT2D eigenvalue weighted by atomic mass is 10.1. The number of hydrogen-bond donors (Lipinski definition) is 0. The fraction of sp³-hybridized carbons (Fsp3) is 0.667. The molecule has 0 radical (unpaired) electrons. The summed E-state index contributed by atoms with van der Waals surface area (Å²) in [5.41, 5.74) is 0. The smallest absolute Gasteiger partial charge is 0.384 e. The fourth-order valence-corrected chi connectivity index (χ4v) is 2.35. The van der Waals surface area contributed by atoms with Gasteiger partial charge in [-0.25, -0.2) is 4.79 Å². The molecular formula is C9H12O2S. The van der Waals surface area contributed by atoms with Crippen LogP contribution in [0.4, 0.5) is 0 Å². The summed E-state index contributed by atoms with van der Waals surface area (Å²) in [5.74, 6) is 7.97. The molecular weight excluding hydrogens is 172 g/mol. The first-order valence-corrected chi connectivity index (χ1v) is 5.13. The Labute approximate surface area is 77.1 Å². The number of hydrogen-bond acceptors (Lipinski definition) is 3. The van der Waals surface area contributed by atoms with Crippen molar-refractivity contribution in [3.05, 3.63) is 0 Å². The average Bonchev–Trinajstić information content (AvgIpc) is 2.57. The van der Waals surface area contributed by atoms with E-state index < -0.39 is 5.97 Å². The first-order valence-electron chi connectivity index (χ1n) is 3.97. The Morgan fingerprint density at radius 2 is 2.58 bits per heavy atom. The van der Waals surface area contributed by atoms with Crippen LogP contribution in [0, 0.1) is 17.8 Å². The minimum Gasteiger partial charge on any atom is -0.459 e. The topological polar surface area (TPSA) is 26.3 Å². The summed E-state index contributed by atoms with van der Waals surface area (Å²) in [4.78, 5) is 10.6. The highest BCUT2D eigenvalue weighted by molar-refractivity contribution is 7.99. The lowest BCUT2D eigenvalue weighted by Gasteiger charge is -1.98. The summed E-state index contributed by atoms with van der Waals surface area (Å²) >= 11 is 1.96. The van der Waals surface area contributed by atoms with Crippen LogP contribution in [-0.4, -0.2) is 24.6 Å². The molecule has 1 aliphatic rings. The van der Waals surface area contributed by atoms with E-state index in [1.165, 1.54) is 25.0 Å². The number of ether oxygens (including phenoxy) is 1. The van der Waals surface area contributed by atoms with Crippen LogP contribution in [0.15, 0.2) is 0 Å². The van der Waals surface area contributed by atoms with Crippen LogP contribution in [0.3, 0.4) is 0 Å². The Balaban J connectivity index is 2.21. The molecule has 0 aromatic heterocycles. The molecule has 0 aromatic carbocycles. The SMILES string of the molecule is COC(=O)C#CCC1CCSC1. The van der Waals surface area contributed by atoms with E-state index in [9.17, 15) is 4.79 Å². The summed E-state index contributed by atoms with van der Waals surface area (Å²) in [6.07, 6.45) is 2.07. The van der Waals surface area contributed by atoms with Gasteiger partial charge in [-0.15, -0.1) is 0 Å². The Hall–Kier alpha value is -0.620. The molecule has 1 heterocycles. The van der Waals surface area contributed by atoms with Gasteiger partial charge in [0.1, 0.15) is 0 Å². The van der Waals surface area contributed by atoms with Gasteiger partial charge < -0.3 is 4.74 Å². The molecule has 0 aliphatic carbocycles. The van der Waals surface area contributed by atoms with Gasteiger partial charge in [-0.3, -0.25) is 0 Å². The maximum Gasteiger partial charge on any atom is 0.384 e. The highest BCUT2D eigenvalue weighted by atomic mass is 32.2. The maximum absolute atomic E-state index is 10.6. The number of thioether (sulfide) groups is 1. The zero-order valence-corrected chi connectivity index (χ0v) is 7.95. The first-order chi connectivity index (χ1) is 5.83. The van der Waals surface area contributed by atoms with Crippen molar-refractivity contribution in [2.75, 3.05) is 18.6 Å². The van der Waals surface area contributed by atoms with E-state index in [-0.39, 0.29) is 0 Å². The highest BCUT2D eigenvalue weighted by Gasteiger charge is 2.13. The summed E-state index contributed by atoms with van der Waals surface area (Å²) in [6, 6.07) is 0. The quantitative estimate of drug-likeness (QED) is 0.349. The molecule has 1 atom stereocenters. The van der Waals surface area contributed by atoms with Crippen LogP contribution < -0.4 is 0 Å². The van der Waals surface area contributed by atoms with E-state index in [2.05, 4.69) is 16.6 Å². The Morgan fingerprint density at radius 3 is 3.17 bits per heavy atom. The minimum atomic E-state index is -0.430. The van der Waals surface area contributed by atoms with Gasteiger partial charge in [0, 0.05) is 12.3 Å². The summed E-state index contributed by atoms with van der Waals surface area (Å²) in [5, 5.41) is 0. The lowest BCUT2D eigenvalue weighted by Crippen LogP contribution is -1.97. The van der Waals surface area contributed by atoms with Crippen molar-refractivity contribution < 1.29 is 9.53 Å². The van der Waals surface area contributed by atoms with Crippen LogP contribution in [0.2, 0.25) is 0 Å². The van der Waals surface area contributed by atoms with E-state index in [4.69, 9.17) is 0 Å². The second kappa shape index (κ2) is 5.10. The standard InChI is InChI=1S/C9H12O2S/c1-11-9(10)4-2-3-8-5-6-12-7-8/h8H,3,5-7H2,1H3. The molecule has 1 unspecified atom stereocenters. The minimum absolute atomic E-state index is 0.430. The number of methoxy groups -OCH3 is 1. The van der Waals surface area contributed by atoms with Crippen LogP contribution in [0.1, 0.15) is 12.8 Å². The Bertz CT molecular complexity index is 208. The van der Waals surface area contributed by atoms with Crippen LogP contribution in [0.5, 0.6) is 0 Å². The van der Waals surface area contributed by atoms with Gasteiger partial charge in [0.25, 0.3) is 0 Å². The van der Waals surface area contributed by atoms with Crippen LogP contribution >= 0.6 is 11.8 Å². The van der Waals surface area contributed by atoms with Crippen molar-refractivity contribution in [1.29, 1.82) is 0 Å². The van der Waals surface area contributed by atoms with Gasteiger partial charge in [0.2, 0.25) is 0 Å². The van der Waals surface area contributed by atoms with Crippen LogP contribution in [0.25, 0.3) is 0 Å². The van der Waals surface area contributed by atoms with E-state index in [0.717, 1.165) is 6.42 Å². The molecule has 0 amide bonds. The molecule has 3 heteroatoms. The Morgan fingerprint density at radius 1 is 1.75 bits per heavy atom. The van der Waals surface area contributed by atoms with Gasteiger partial charge >= 0.3 is 5.97 Å². The number of carbonyl (C=O) groups is 1. The molecule has 0 N–H and O–H groups in total. The third-order valence-electron chi connectivity index (χ3n) is 1.79. The second-order valence-corrected chi connectivity index (χ2v) is 3.88. The molecule has 1 fully saturated rings. The normalized spacial score (nSPS) is 21.2. The van der Waals surface area contributed by atoms with Gasteiger partial charge in [-0.2, -0.15) is 11.8 Å². The predicted molar refractivity (Wildman–Crippen MR) is 49.8 cm³/mol. The number of rotatable bonds is 1. The van der Waals surface area contributed by atoms with Crippen molar-refractivity contribution in [3.63, 3.8) is 0 Å². The van der Waals surface area contributed by atoms with Crippen molar-refractivity contribution in [3.8, 4) is 11.8 Å². The Kier molecular flexibility index (Phi) is 4.02. The third-order valence-corrected chi connectivity index (χ3v) is 3.02. The molecule has 2 nitrogen and oxygen atoms in total. The monoisotopic (exact) mass is 184 g/mol. The molecule has 0 spiro atoms. The molecule has 1 saturated heterocycles. The van der Waals surface area contributed by atoms with E-state index in [0.29, 0.717) is 5.92 Å². The first kappa shape index (κ1) is 9.47. The molecule has 0 saturated carbocycles.